The number of hydrogen-bond acceptors (Lipinski definition) is 4. The second kappa shape index (κ2) is 6.72. The quantitative estimate of drug-likeness (QED) is 0.556. The number of rotatable bonds is 5. The molecule has 4 aromatic rings. The summed E-state index contributed by atoms with van der Waals surface area (Å²) >= 11 is 1.64. The third kappa shape index (κ3) is 3.05. The van der Waals surface area contributed by atoms with E-state index in [1.165, 1.54) is 16.3 Å². The van der Waals surface area contributed by atoms with Crippen molar-refractivity contribution in [1.29, 1.82) is 0 Å². The smallest absolute Gasteiger partial charge is 0.252 e. The molecule has 0 atom stereocenters. The van der Waals surface area contributed by atoms with Crippen LogP contribution >= 0.6 is 11.8 Å². The molecular weight excluding hydrogens is 332 g/mol. The second-order valence-corrected chi connectivity index (χ2v) is 6.89. The zero-order valence-corrected chi connectivity index (χ0v) is 14.7. The Kier molecular flexibility index (Phi) is 4.28. The van der Waals surface area contributed by atoms with Gasteiger partial charge in [0.25, 0.3) is 5.56 Å². The molecule has 4 rings (SSSR count). The van der Waals surface area contributed by atoms with E-state index in [4.69, 9.17) is 0 Å². The van der Waals surface area contributed by atoms with Crippen LogP contribution in [0.4, 0.5) is 0 Å². The topological polar surface area (TPSA) is 63.0 Å². The van der Waals surface area contributed by atoms with Gasteiger partial charge >= 0.3 is 0 Å². The van der Waals surface area contributed by atoms with Gasteiger partial charge in [0.1, 0.15) is 0 Å². The Labute approximate surface area is 149 Å². The van der Waals surface area contributed by atoms with Crippen molar-refractivity contribution >= 4 is 28.3 Å². The number of fused-ring (bicyclic) bond motifs is 2. The lowest BCUT2D eigenvalue weighted by Crippen LogP contribution is -2.11. The van der Waals surface area contributed by atoms with Crippen molar-refractivity contribution in [3.05, 3.63) is 70.1 Å². The molecule has 0 aliphatic carbocycles. The summed E-state index contributed by atoms with van der Waals surface area (Å²) in [7, 11) is 0. The largest absolute Gasteiger partial charge is 0.291 e. The fourth-order valence-electron chi connectivity index (χ4n) is 3.07. The molecule has 0 unspecified atom stereocenters. The van der Waals surface area contributed by atoms with Gasteiger partial charge in [-0.25, -0.2) is 0 Å². The summed E-state index contributed by atoms with van der Waals surface area (Å²) in [6.45, 7) is 2.10. The Bertz CT molecular complexity index is 1090. The monoisotopic (exact) mass is 350 g/mol. The highest BCUT2D eigenvalue weighted by Crippen LogP contribution is 2.27. The zero-order chi connectivity index (χ0) is 17.2. The molecule has 5 nitrogen and oxygen atoms in total. The first kappa shape index (κ1) is 15.9. The molecule has 2 aromatic carbocycles. The van der Waals surface area contributed by atoms with Crippen LogP contribution in [0.2, 0.25) is 0 Å². The van der Waals surface area contributed by atoms with Crippen LogP contribution in [0.15, 0.2) is 58.5 Å². The molecule has 0 aliphatic heterocycles. The van der Waals surface area contributed by atoms with Crippen LogP contribution in [0.1, 0.15) is 24.6 Å². The van der Waals surface area contributed by atoms with Crippen LogP contribution in [-0.2, 0) is 12.2 Å². The molecule has 0 radical (unpaired) electrons. The first-order valence-corrected chi connectivity index (χ1v) is 9.31. The molecule has 2 heterocycles. The summed E-state index contributed by atoms with van der Waals surface area (Å²) in [4.78, 5) is 14.5. The molecule has 6 heteroatoms. The van der Waals surface area contributed by atoms with Crippen LogP contribution in [-0.4, -0.2) is 19.6 Å². The number of aromatic amines is 1. The van der Waals surface area contributed by atoms with Gasteiger partial charge in [0.15, 0.2) is 5.16 Å². The first-order valence-electron chi connectivity index (χ1n) is 8.33. The van der Waals surface area contributed by atoms with E-state index in [-0.39, 0.29) is 5.56 Å². The molecule has 0 bridgehead atoms. The maximum absolute atomic E-state index is 11.8. The van der Waals surface area contributed by atoms with E-state index >= 15 is 0 Å². The van der Waals surface area contributed by atoms with Crippen LogP contribution in [0.5, 0.6) is 0 Å². The SMILES string of the molecule is CCCc1cc(=O)[nH]c2nnc(SCc3cccc4ccccc34)n12. The summed E-state index contributed by atoms with van der Waals surface area (Å²) in [6.07, 6.45) is 1.78. The highest BCUT2D eigenvalue weighted by Gasteiger charge is 2.12. The van der Waals surface area contributed by atoms with Crippen molar-refractivity contribution in [2.75, 3.05) is 0 Å². The number of hydrogen-bond donors (Lipinski definition) is 1. The van der Waals surface area contributed by atoms with Crippen molar-refractivity contribution in [2.45, 2.75) is 30.7 Å². The summed E-state index contributed by atoms with van der Waals surface area (Å²) in [5.41, 5.74) is 2.09. The number of aromatic nitrogens is 4. The molecule has 126 valence electrons. The first-order chi connectivity index (χ1) is 12.3. The number of nitrogens with zero attached hydrogens (tertiary/aromatic N) is 3. The van der Waals surface area contributed by atoms with E-state index in [9.17, 15) is 4.79 Å². The van der Waals surface area contributed by atoms with Crippen molar-refractivity contribution in [1.82, 2.24) is 19.6 Å². The summed E-state index contributed by atoms with van der Waals surface area (Å²) in [5.74, 6) is 1.31. The van der Waals surface area contributed by atoms with Crippen molar-refractivity contribution in [3.8, 4) is 0 Å². The van der Waals surface area contributed by atoms with E-state index in [0.717, 1.165) is 29.4 Å². The molecule has 25 heavy (non-hydrogen) atoms. The molecule has 0 fully saturated rings. The van der Waals surface area contributed by atoms with Crippen molar-refractivity contribution < 1.29 is 0 Å². The maximum atomic E-state index is 11.8. The van der Waals surface area contributed by atoms with E-state index < -0.39 is 0 Å². The van der Waals surface area contributed by atoms with Crippen LogP contribution in [0.3, 0.4) is 0 Å². The fraction of sp³-hybridized carbons (Fsp3) is 0.211. The molecule has 0 spiro atoms. The molecular formula is C19H18N4OS. The number of benzene rings is 2. The highest BCUT2D eigenvalue weighted by molar-refractivity contribution is 7.98. The van der Waals surface area contributed by atoms with Gasteiger partial charge in [0.05, 0.1) is 0 Å². The third-order valence-corrected chi connectivity index (χ3v) is 5.17. The number of nitrogens with one attached hydrogen (secondary N) is 1. The number of H-pyrrole nitrogens is 1. The average Bonchev–Trinajstić information content (AvgIpc) is 3.03. The fourth-order valence-corrected chi connectivity index (χ4v) is 4.03. The standard InChI is InChI=1S/C19H18N4OS/c1-2-6-15-11-17(24)20-18-21-22-19(23(15)18)25-12-14-9-5-8-13-7-3-4-10-16(13)14/h3-5,7-11H,2,6,12H2,1H3,(H,20,21,24). The Balaban J connectivity index is 1.70. The van der Waals surface area contributed by atoms with Crippen LogP contribution < -0.4 is 5.56 Å². The van der Waals surface area contributed by atoms with Crippen molar-refractivity contribution in [2.24, 2.45) is 0 Å². The maximum Gasteiger partial charge on any atom is 0.252 e. The lowest BCUT2D eigenvalue weighted by Gasteiger charge is -2.07. The second-order valence-electron chi connectivity index (χ2n) is 5.94. The van der Waals surface area contributed by atoms with Crippen LogP contribution in [0, 0.1) is 0 Å². The molecule has 1 N–H and O–H groups in total. The molecule has 0 aliphatic rings. The Morgan fingerprint density at radius 2 is 1.96 bits per heavy atom. The van der Waals surface area contributed by atoms with E-state index in [1.807, 2.05) is 4.40 Å². The Hall–Kier alpha value is -2.60. The highest BCUT2D eigenvalue weighted by atomic mass is 32.2. The zero-order valence-electron chi connectivity index (χ0n) is 13.9. The van der Waals surface area contributed by atoms with Gasteiger partial charge in [0, 0.05) is 17.5 Å². The number of aryl methyl sites for hydroxylation is 1. The predicted octanol–water partition coefficient (Wildman–Crippen LogP) is 3.82. The summed E-state index contributed by atoms with van der Waals surface area (Å²) in [6, 6.07) is 16.4. The number of thioether (sulfide) groups is 1. The van der Waals surface area contributed by atoms with E-state index in [2.05, 4.69) is 64.6 Å². The summed E-state index contributed by atoms with van der Waals surface area (Å²) < 4.78 is 1.96. The lowest BCUT2D eigenvalue weighted by atomic mass is 10.1. The van der Waals surface area contributed by atoms with Gasteiger partial charge in [-0.1, -0.05) is 67.6 Å². The third-order valence-electron chi connectivity index (χ3n) is 4.20. The Morgan fingerprint density at radius 1 is 1.12 bits per heavy atom. The van der Waals surface area contributed by atoms with Gasteiger partial charge in [-0.15, -0.1) is 10.2 Å². The lowest BCUT2D eigenvalue weighted by molar-refractivity contribution is 0.800. The predicted molar refractivity (Wildman–Crippen MR) is 101 cm³/mol. The van der Waals surface area contributed by atoms with Gasteiger partial charge < -0.3 is 0 Å². The summed E-state index contributed by atoms with van der Waals surface area (Å²) in [5, 5.41) is 11.7. The minimum Gasteiger partial charge on any atom is -0.291 e. The average molecular weight is 350 g/mol. The molecule has 0 saturated carbocycles. The van der Waals surface area contributed by atoms with Gasteiger partial charge in [-0.3, -0.25) is 14.2 Å². The normalized spacial score (nSPS) is 11.4. The molecule has 2 aromatic heterocycles. The van der Waals surface area contributed by atoms with Gasteiger partial charge in [-0.2, -0.15) is 0 Å². The Morgan fingerprint density at radius 3 is 2.84 bits per heavy atom. The van der Waals surface area contributed by atoms with Gasteiger partial charge in [0.2, 0.25) is 5.78 Å². The van der Waals surface area contributed by atoms with E-state index in [0.29, 0.717) is 5.78 Å². The van der Waals surface area contributed by atoms with Crippen molar-refractivity contribution in [3.63, 3.8) is 0 Å². The minimum absolute atomic E-state index is 0.131. The van der Waals surface area contributed by atoms with Gasteiger partial charge in [-0.05, 0) is 22.8 Å². The molecule has 0 saturated heterocycles. The minimum atomic E-state index is -0.131. The van der Waals surface area contributed by atoms with E-state index in [1.54, 1.807) is 17.8 Å². The van der Waals surface area contributed by atoms with Crippen LogP contribution in [0.25, 0.3) is 16.6 Å². The molecule has 0 amide bonds.